The maximum atomic E-state index is 12.8. The molecule has 0 aromatic rings. The van der Waals surface area contributed by atoms with Crippen molar-refractivity contribution in [1.82, 2.24) is 10.2 Å². The van der Waals surface area contributed by atoms with Crippen molar-refractivity contribution in [2.24, 2.45) is 11.3 Å². The van der Waals surface area contributed by atoms with Crippen LogP contribution in [0.3, 0.4) is 0 Å². The molecule has 104 valence electrons. The largest absolute Gasteiger partial charge is 0.340 e. The lowest BCUT2D eigenvalue weighted by molar-refractivity contribution is -0.147. The van der Waals surface area contributed by atoms with Gasteiger partial charge < -0.3 is 10.2 Å². The predicted molar refractivity (Wildman–Crippen MR) is 74.4 cm³/mol. The first kappa shape index (κ1) is 13.9. The van der Waals surface area contributed by atoms with Gasteiger partial charge in [0.15, 0.2) is 0 Å². The minimum atomic E-state index is -0.209. The highest BCUT2D eigenvalue weighted by atomic mass is 16.2. The second kappa shape index (κ2) is 5.60. The van der Waals surface area contributed by atoms with E-state index in [2.05, 4.69) is 31.0 Å². The zero-order chi connectivity index (χ0) is 13.2. The van der Waals surface area contributed by atoms with Crippen molar-refractivity contribution in [3.05, 3.63) is 0 Å². The first-order valence-electron chi connectivity index (χ1n) is 7.55. The van der Waals surface area contributed by atoms with E-state index in [1.165, 1.54) is 32.1 Å². The van der Waals surface area contributed by atoms with Crippen molar-refractivity contribution < 1.29 is 4.79 Å². The van der Waals surface area contributed by atoms with Crippen LogP contribution in [-0.2, 0) is 4.79 Å². The molecule has 2 aliphatic heterocycles. The van der Waals surface area contributed by atoms with E-state index >= 15 is 0 Å². The second-order valence-corrected chi connectivity index (χ2v) is 6.61. The van der Waals surface area contributed by atoms with Gasteiger partial charge in [0.2, 0.25) is 5.91 Å². The fraction of sp³-hybridized carbons (Fsp3) is 0.933. The predicted octanol–water partition coefficient (Wildman–Crippen LogP) is 2.41. The molecule has 0 bridgehead atoms. The van der Waals surface area contributed by atoms with Gasteiger partial charge in [-0.25, -0.2) is 0 Å². The molecule has 18 heavy (non-hydrogen) atoms. The molecule has 0 aromatic carbocycles. The lowest BCUT2D eigenvalue weighted by atomic mass is 9.73. The molecule has 2 atom stereocenters. The van der Waals surface area contributed by atoms with Crippen LogP contribution in [0.15, 0.2) is 0 Å². The molecular formula is C15H28N2O. The number of amides is 1. The summed E-state index contributed by atoms with van der Waals surface area (Å²) in [6, 6.07) is 0.432. The van der Waals surface area contributed by atoms with Gasteiger partial charge in [-0.2, -0.15) is 0 Å². The molecule has 0 spiro atoms. The zero-order valence-corrected chi connectivity index (χ0v) is 12.2. The molecule has 2 saturated heterocycles. The van der Waals surface area contributed by atoms with Crippen LogP contribution in [-0.4, -0.2) is 36.5 Å². The van der Waals surface area contributed by atoms with E-state index in [-0.39, 0.29) is 5.41 Å². The topological polar surface area (TPSA) is 32.3 Å². The maximum absolute atomic E-state index is 12.8. The van der Waals surface area contributed by atoms with E-state index in [9.17, 15) is 4.79 Å². The lowest BCUT2D eigenvalue weighted by Gasteiger charge is -2.43. The molecule has 1 amide bonds. The monoisotopic (exact) mass is 252 g/mol. The van der Waals surface area contributed by atoms with Gasteiger partial charge in [-0.05, 0) is 58.0 Å². The summed E-state index contributed by atoms with van der Waals surface area (Å²) in [5, 5.41) is 3.44. The van der Waals surface area contributed by atoms with Gasteiger partial charge in [0.05, 0.1) is 0 Å². The SMILES string of the molecule is CC1CCCCN1C(=O)C(C)(C)C1CCCNC1. The summed E-state index contributed by atoms with van der Waals surface area (Å²) in [6.45, 7) is 9.57. The Morgan fingerprint density at radius 2 is 2.00 bits per heavy atom. The van der Waals surface area contributed by atoms with Crippen LogP contribution in [0.1, 0.15) is 52.9 Å². The highest BCUT2D eigenvalue weighted by Gasteiger charge is 2.41. The van der Waals surface area contributed by atoms with Gasteiger partial charge in [0.25, 0.3) is 0 Å². The van der Waals surface area contributed by atoms with Gasteiger partial charge >= 0.3 is 0 Å². The van der Waals surface area contributed by atoms with Gasteiger partial charge in [-0.1, -0.05) is 13.8 Å². The van der Waals surface area contributed by atoms with Crippen molar-refractivity contribution in [2.75, 3.05) is 19.6 Å². The molecule has 2 aliphatic rings. The Morgan fingerprint density at radius 3 is 2.61 bits per heavy atom. The summed E-state index contributed by atoms with van der Waals surface area (Å²) in [4.78, 5) is 15.0. The average Bonchev–Trinajstić information content (AvgIpc) is 2.39. The van der Waals surface area contributed by atoms with Gasteiger partial charge in [-0.3, -0.25) is 4.79 Å². The molecule has 3 heteroatoms. The van der Waals surface area contributed by atoms with Crippen molar-refractivity contribution in [3.8, 4) is 0 Å². The molecule has 3 nitrogen and oxygen atoms in total. The van der Waals surface area contributed by atoms with Crippen LogP contribution in [0, 0.1) is 11.3 Å². The number of carbonyl (C=O) groups is 1. The molecule has 2 rings (SSSR count). The van der Waals surface area contributed by atoms with Crippen LogP contribution in [0.25, 0.3) is 0 Å². The molecule has 2 unspecified atom stereocenters. The molecule has 0 aromatic heterocycles. The van der Waals surface area contributed by atoms with Crippen LogP contribution in [0.5, 0.6) is 0 Å². The summed E-state index contributed by atoms with van der Waals surface area (Å²) >= 11 is 0. The Morgan fingerprint density at radius 1 is 1.22 bits per heavy atom. The molecule has 1 N–H and O–H groups in total. The highest BCUT2D eigenvalue weighted by Crippen LogP contribution is 2.35. The Kier molecular flexibility index (Phi) is 4.31. The fourth-order valence-electron chi connectivity index (χ4n) is 3.41. The van der Waals surface area contributed by atoms with Gasteiger partial charge in [0.1, 0.15) is 0 Å². The molecule has 0 aliphatic carbocycles. The fourth-order valence-corrected chi connectivity index (χ4v) is 3.41. The van der Waals surface area contributed by atoms with Crippen LogP contribution >= 0.6 is 0 Å². The number of piperidine rings is 2. The van der Waals surface area contributed by atoms with E-state index < -0.39 is 0 Å². The molecular weight excluding hydrogens is 224 g/mol. The Hall–Kier alpha value is -0.570. The van der Waals surface area contributed by atoms with Gasteiger partial charge in [-0.15, -0.1) is 0 Å². The Balaban J connectivity index is 2.05. The third-order valence-corrected chi connectivity index (χ3v) is 4.93. The smallest absolute Gasteiger partial charge is 0.228 e. The molecule has 2 fully saturated rings. The zero-order valence-electron chi connectivity index (χ0n) is 12.2. The number of carbonyl (C=O) groups excluding carboxylic acids is 1. The molecule has 0 radical (unpaired) electrons. The number of nitrogens with one attached hydrogen (secondary N) is 1. The normalized spacial score (nSPS) is 30.3. The summed E-state index contributed by atoms with van der Waals surface area (Å²) in [6.07, 6.45) is 6.01. The van der Waals surface area contributed by atoms with E-state index in [0.717, 1.165) is 19.6 Å². The summed E-state index contributed by atoms with van der Waals surface area (Å²) in [5.74, 6) is 0.872. The van der Waals surface area contributed by atoms with E-state index in [0.29, 0.717) is 17.9 Å². The van der Waals surface area contributed by atoms with Crippen molar-refractivity contribution >= 4 is 5.91 Å². The van der Waals surface area contributed by atoms with Crippen LogP contribution in [0.4, 0.5) is 0 Å². The Labute approximate surface area is 111 Å². The van der Waals surface area contributed by atoms with Crippen LogP contribution < -0.4 is 5.32 Å². The van der Waals surface area contributed by atoms with E-state index in [1.807, 2.05) is 0 Å². The average molecular weight is 252 g/mol. The van der Waals surface area contributed by atoms with Crippen molar-refractivity contribution in [2.45, 2.75) is 58.9 Å². The van der Waals surface area contributed by atoms with Crippen LogP contribution in [0.2, 0.25) is 0 Å². The minimum Gasteiger partial charge on any atom is -0.340 e. The number of likely N-dealkylation sites (tertiary alicyclic amines) is 1. The number of hydrogen-bond acceptors (Lipinski definition) is 2. The standard InChI is InChI=1S/C15H28N2O/c1-12-7-4-5-10-17(12)14(18)15(2,3)13-8-6-9-16-11-13/h12-13,16H,4-11H2,1-3H3. The molecule has 0 saturated carbocycles. The number of hydrogen-bond donors (Lipinski definition) is 1. The van der Waals surface area contributed by atoms with Crippen molar-refractivity contribution in [3.63, 3.8) is 0 Å². The van der Waals surface area contributed by atoms with E-state index in [4.69, 9.17) is 0 Å². The second-order valence-electron chi connectivity index (χ2n) is 6.61. The third kappa shape index (κ3) is 2.71. The molecule has 2 heterocycles. The summed E-state index contributed by atoms with van der Waals surface area (Å²) < 4.78 is 0. The first-order valence-corrected chi connectivity index (χ1v) is 7.55. The minimum absolute atomic E-state index is 0.209. The Bertz CT molecular complexity index is 295. The summed E-state index contributed by atoms with van der Waals surface area (Å²) in [5.41, 5.74) is -0.209. The maximum Gasteiger partial charge on any atom is 0.228 e. The van der Waals surface area contributed by atoms with Gasteiger partial charge in [0, 0.05) is 18.0 Å². The lowest BCUT2D eigenvalue weighted by Crippen LogP contribution is -2.52. The highest BCUT2D eigenvalue weighted by molar-refractivity contribution is 5.82. The third-order valence-electron chi connectivity index (χ3n) is 4.93. The quantitative estimate of drug-likeness (QED) is 0.818. The number of rotatable bonds is 2. The van der Waals surface area contributed by atoms with E-state index in [1.54, 1.807) is 0 Å². The first-order chi connectivity index (χ1) is 8.53. The summed E-state index contributed by atoms with van der Waals surface area (Å²) in [7, 11) is 0. The van der Waals surface area contributed by atoms with Crippen molar-refractivity contribution in [1.29, 1.82) is 0 Å². The number of nitrogens with zero attached hydrogens (tertiary/aromatic N) is 1.